The number of aromatic nitrogens is 4. The van der Waals surface area contributed by atoms with Crippen molar-refractivity contribution >= 4 is 50.1 Å². The second-order valence-electron chi connectivity index (χ2n) is 4.15. The molecule has 0 atom stereocenters. The molecular formula is C13H10BrN5OS2. The predicted octanol–water partition coefficient (Wildman–Crippen LogP) is 3.42. The highest BCUT2D eigenvalue weighted by Gasteiger charge is 2.10. The minimum atomic E-state index is -0.130. The molecule has 1 aromatic carbocycles. The van der Waals surface area contributed by atoms with E-state index in [0.29, 0.717) is 16.1 Å². The van der Waals surface area contributed by atoms with Crippen molar-refractivity contribution in [2.75, 3.05) is 11.1 Å². The first-order chi connectivity index (χ1) is 10.7. The number of H-pyrrole nitrogens is 1. The molecule has 112 valence electrons. The summed E-state index contributed by atoms with van der Waals surface area (Å²) in [5, 5.41) is 12.6. The smallest absolute Gasteiger partial charge is 0.236 e. The number of carbonyl (C=O) groups excluding carboxylic acids is 1. The van der Waals surface area contributed by atoms with Crippen LogP contribution in [0.4, 0.5) is 5.13 Å². The van der Waals surface area contributed by atoms with Crippen LogP contribution in [0.25, 0.3) is 11.4 Å². The Bertz CT molecular complexity index is 757. The van der Waals surface area contributed by atoms with Gasteiger partial charge in [-0.15, -0.1) is 16.4 Å². The molecule has 0 aliphatic heterocycles. The summed E-state index contributed by atoms with van der Waals surface area (Å²) in [7, 11) is 0. The van der Waals surface area contributed by atoms with E-state index in [2.05, 4.69) is 41.4 Å². The lowest BCUT2D eigenvalue weighted by molar-refractivity contribution is -0.113. The highest BCUT2D eigenvalue weighted by Crippen LogP contribution is 2.21. The number of nitrogens with zero attached hydrogens (tertiary/aromatic N) is 3. The van der Waals surface area contributed by atoms with Gasteiger partial charge in [0.1, 0.15) is 0 Å². The number of anilines is 1. The van der Waals surface area contributed by atoms with E-state index in [1.165, 1.54) is 23.1 Å². The zero-order valence-corrected chi connectivity index (χ0v) is 14.3. The molecule has 0 bridgehead atoms. The van der Waals surface area contributed by atoms with E-state index < -0.39 is 0 Å². The summed E-state index contributed by atoms with van der Waals surface area (Å²) in [6.07, 6.45) is 1.65. The van der Waals surface area contributed by atoms with Crippen molar-refractivity contribution in [3.63, 3.8) is 0 Å². The van der Waals surface area contributed by atoms with Crippen LogP contribution in [0.3, 0.4) is 0 Å². The third-order valence-electron chi connectivity index (χ3n) is 2.59. The van der Waals surface area contributed by atoms with Crippen LogP contribution in [0.15, 0.2) is 45.5 Å². The molecule has 9 heteroatoms. The number of rotatable bonds is 5. The number of amides is 1. The minimum Gasteiger partial charge on any atom is -0.301 e. The number of nitrogens with one attached hydrogen (secondary N) is 2. The summed E-state index contributed by atoms with van der Waals surface area (Å²) in [4.78, 5) is 20.1. The SMILES string of the molecule is O=C(CSc1n[nH]c(-c2ccc(Br)cc2)n1)Nc1nccs1. The van der Waals surface area contributed by atoms with Gasteiger partial charge in [-0.2, -0.15) is 0 Å². The van der Waals surface area contributed by atoms with Gasteiger partial charge in [0.05, 0.1) is 5.75 Å². The summed E-state index contributed by atoms with van der Waals surface area (Å²) in [6.45, 7) is 0. The van der Waals surface area contributed by atoms with E-state index in [-0.39, 0.29) is 11.7 Å². The van der Waals surface area contributed by atoms with E-state index in [4.69, 9.17) is 0 Å². The van der Waals surface area contributed by atoms with Crippen molar-refractivity contribution in [2.45, 2.75) is 5.16 Å². The zero-order chi connectivity index (χ0) is 15.4. The Morgan fingerprint density at radius 3 is 2.91 bits per heavy atom. The fourth-order valence-corrected chi connectivity index (χ4v) is 3.03. The Morgan fingerprint density at radius 2 is 2.18 bits per heavy atom. The van der Waals surface area contributed by atoms with Gasteiger partial charge in [-0.3, -0.25) is 9.89 Å². The maximum absolute atomic E-state index is 11.8. The molecule has 6 nitrogen and oxygen atoms in total. The Hall–Kier alpha value is -1.71. The Morgan fingerprint density at radius 1 is 1.36 bits per heavy atom. The molecule has 2 N–H and O–H groups in total. The first kappa shape index (κ1) is 15.2. The lowest BCUT2D eigenvalue weighted by Crippen LogP contribution is -2.13. The fraction of sp³-hybridized carbons (Fsp3) is 0.0769. The standard InChI is InChI=1S/C13H10BrN5OS2/c14-9-3-1-8(2-4-9)11-17-13(19-18-11)22-7-10(20)16-12-15-5-6-21-12/h1-6H,7H2,(H,15,16,20)(H,17,18,19). The third-order valence-corrected chi connectivity index (χ3v) is 4.66. The average molecular weight is 396 g/mol. The molecule has 22 heavy (non-hydrogen) atoms. The zero-order valence-electron chi connectivity index (χ0n) is 11.1. The van der Waals surface area contributed by atoms with Gasteiger partial charge in [0.25, 0.3) is 0 Å². The molecule has 0 unspecified atom stereocenters. The molecule has 2 heterocycles. The summed E-state index contributed by atoms with van der Waals surface area (Å²) in [5.41, 5.74) is 0.940. The van der Waals surface area contributed by atoms with Crippen LogP contribution in [0, 0.1) is 0 Å². The van der Waals surface area contributed by atoms with Crippen LogP contribution in [-0.2, 0) is 4.79 Å². The lowest BCUT2D eigenvalue weighted by Gasteiger charge is -1.98. The number of hydrogen-bond acceptors (Lipinski definition) is 6. The third kappa shape index (κ3) is 3.93. The Balaban J connectivity index is 1.57. The average Bonchev–Trinajstić information content (AvgIpc) is 3.17. The normalized spacial score (nSPS) is 10.6. The number of benzene rings is 1. The highest BCUT2D eigenvalue weighted by atomic mass is 79.9. The van der Waals surface area contributed by atoms with E-state index in [0.717, 1.165) is 10.0 Å². The Kier molecular flexibility index (Phi) is 4.86. The van der Waals surface area contributed by atoms with Gasteiger partial charge in [-0.25, -0.2) is 9.97 Å². The van der Waals surface area contributed by atoms with Crippen LogP contribution in [0.2, 0.25) is 0 Å². The first-order valence-corrected chi connectivity index (χ1v) is 8.87. The summed E-state index contributed by atoms with van der Waals surface area (Å²) >= 11 is 6.04. The molecular weight excluding hydrogens is 386 g/mol. The van der Waals surface area contributed by atoms with Crippen LogP contribution in [0.1, 0.15) is 0 Å². The predicted molar refractivity (Wildman–Crippen MR) is 91.0 cm³/mol. The van der Waals surface area contributed by atoms with Crippen LogP contribution < -0.4 is 5.32 Å². The molecule has 1 amide bonds. The van der Waals surface area contributed by atoms with Gasteiger partial charge in [0, 0.05) is 21.6 Å². The van der Waals surface area contributed by atoms with Gasteiger partial charge >= 0.3 is 0 Å². The van der Waals surface area contributed by atoms with Crippen molar-refractivity contribution in [3.05, 3.63) is 40.3 Å². The first-order valence-electron chi connectivity index (χ1n) is 6.21. The van der Waals surface area contributed by atoms with Crippen molar-refractivity contribution in [1.82, 2.24) is 20.2 Å². The molecule has 0 spiro atoms. The quantitative estimate of drug-likeness (QED) is 0.646. The minimum absolute atomic E-state index is 0.130. The van der Waals surface area contributed by atoms with Crippen molar-refractivity contribution in [2.24, 2.45) is 0 Å². The van der Waals surface area contributed by atoms with Gasteiger partial charge in [0.15, 0.2) is 11.0 Å². The van der Waals surface area contributed by atoms with Gasteiger partial charge in [-0.05, 0) is 12.1 Å². The van der Waals surface area contributed by atoms with Gasteiger partial charge in [0.2, 0.25) is 11.1 Å². The second-order valence-corrected chi connectivity index (χ2v) is 6.90. The number of thiazole rings is 1. The maximum atomic E-state index is 11.8. The van der Waals surface area contributed by atoms with E-state index >= 15 is 0 Å². The van der Waals surface area contributed by atoms with Crippen molar-refractivity contribution in [3.8, 4) is 11.4 Å². The molecule has 2 aromatic heterocycles. The highest BCUT2D eigenvalue weighted by molar-refractivity contribution is 9.10. The van der Waals surface area contributed by atoms with Crippen molar-refractivity contribution < 1.29 is 4.79 Å². The summed E-state index contributed by atoms with van der Waals surface area (Å²) in [6, 6.07) is 7.75. The van der Waals surface area contributed by atoms with Crippen LogP contribution in [0.5, 0.6) is 0 Å². The number of halogens is 1. The monoisotopic (exact) mass is 395 g/mol. The van der Waals surface area contributed by atoms with Gasteiger partial charge < -0.3 is 5.32 Å². The topological polar surface area (TPSA) is 83.6 Å². The van der Waals surface area contributed by atoms with Gasteiger partial charge in [-0.1, -0.05) is 39.8 Å². The van der Waals surface area contributed by atoms with Crippen molar-refractivity contribution in [1.29, 1.82) is 0 Å². The second kappa shape index (κ2) is 7.03. The number of carbonyl (C=O) groups is 1. The van der Waals surface area contributed by atoms with E-state index in [1.54, 1.807) is 6.20 Å². The molecule has 0 fully saturated rings. The summed E-state index contributed by atoms with van der Waals surface area (Å²) < 4.78 is 1.00. The largest absolute Gasteiger partial charge is 0.301 e. The van der Waals surface area contributed by atoms with Crippen LogP contribution in [-0.4, -0.2) is 31.8 Å². The number of hydrogen-bond donors (Lipinski definition) is 2. The fourth-order valence-electron chi connectivity index (χ4n) is 1.62. The molecule has 0 saturated carbocycles. The Labute approximate surface area is 142 Å². The lowest BCUT2D eigenvalue weighted by atomic mass is 10.2. The molecule has 3 aromatic rings. The summed E-state index contributed by atoms with van der Waals surface area (Å²) in [5.74, 6) is 0.780. The molecule has 3 rings (SSSR count). The molecule has 0 aliphatic rings. The van der Waals surface area contributed by atoms with Crippen LogP contribution >= 0.6 is 39.0 Å². The maximum Gasteiger partial charge on any atom is 0.236 e. The molecule has 0 aliphatic carbocycles. The number of thioether (sulfide) groups is 1. The van der Waals surface area contributed by atoms with E-state index in [1.807, 2.05) is 29.6 Å². The van der Waals surface area contributed by atoms with E-state index in [9.17, 15) is 4.79 Å². The number of aromatic amines is 1. The molecule has 0 radical (unpaired) electrons. The molecule has 0 saturated heterocycles.